The van der Waals surface area contributed by atoms with Crippen LogP contribution < -0.4 is 5.73 Å². The van der Waals surface area contributed by atoms with E-state index >= 15 is 0 Å². The first-order valence-corrected chi connectivity index (χ1v) is 5.65. The third-order valence-electron chi connectivity index (χ3n) is 2.12. The van der Waals surface area contributed by atoms with Gasteiger partial charge in [-0.15, -0.1) is 0 Å². The van der Waals surface area contributed by atoms with Crippen LogP contribution >= 0.6 is 11.6 Å². The molecule has 0 bridgehead atoms. The first kappa shape index (κ1) is 15.7. The second-order valence-corrected chi connectivity index (χ2v) is 3.81. The van der Waals surface area contributed by atoms with E-state index in [4.69, 9.17) is 17.3 Å². The Morgan fingerprint density at radius 2 is 1.55 bits per heavy atom. The first-order valence-electron chi connectivity index (χ1n) is 5.27. The van der Waals surface area contributed by atoms with Gasteiger partial charge in [-0.2, -0.15) is 0 Å². The summed E-state index contributed by atoms with van der Waals surface area (Å²) in [6.07, 6.45) is 3.06. The summed E-state index contributed by atoms with van der Waals surface area (Å²) in [6.45, 7) is 0. The van der Waals surface area contributed by atoms with E-state index in [9.17, 15) is 18.4 Å². The number of nitrogens with two attached hydrogens (primary N) is 1. The highest BCUT2D eigenvalue weighted by molar-refractivity contribution is 6.67. The maximum Gasteiger partial charge on any atom is 0.258 e. The molecule has 0 saturated heterocycles. The maximum absolute atomic E-state index is 12.6. The summed E-state index contributed by atoms with van der Waals surface area (Å²) >= 11 is 4.89. The molecule has 1 aromatic carbocycles. The van der Waals surface area contributed by atoms with Crippen molar-refractivity contribution < 1.29 is 18.4 Å². The number of carbonyl (C=O) groups excluding carboxylic acids is 2. The minimum absolute atomic E-state index is 0.419. The zero-order valence-electron chi connectivity index (χ0n) is 10.0. The summed E-state index contributed by atoms with van der Waals surface area (Å²) in [7, 11) is 0. The fraction of sp³-hybridized carbons (Fsp3) is 0. The van der Waals surface area contributed by atoms with Crippen LogP contribution in [0.15, 0.2) is 42.7 Å². The number of halogens is 3. The minimum Gasteiger partial charge on any atom is -0.366 e. The molecule has 0 spiro atoms. The van der Waals surface area contributed by atoms with Gasteiger partial charge in [0.25, 0.3) is 5.24 Å². The van der Waals surface area contributed by atoms with Crippen molar-refractivity contribution in [1.82, 2.24) is 4.98 Å². The van der Waals surface area contributed by atoms with Gasteiger partial charge in [-0.05, 0) is 35.9 Å². The molecule has 0 atom stereocenters. The van der Waals surface area contributed by atoms with Gasteiger partial charge in [-0.1, -0.05) is 6.07 Å². The average Bonchev–Trinajstić information content (AvgIpc) is 2.40. The van der Waals surface area contributed by atoms with Gasteiger partial charge >= 0.3 is 0 Å². The molecule has 104 valence electrons. The molecule has 4 nitrogen and oxygen atoms in total. The standard InChI is InChI=1S/C7H3ClF2O.C6H6N2O/c8-7(11)6-4(9)2-1-3-5(6)10;7-6(9)5-1-3-8-4-2-5/h1-3H;1-4H,(H2,7,9). The van der Waals surface area contributed by atoms with Crippen LogP contribution in [0, 0.1) is 11.6 Å². The molecule has 7 heteroatoms. The highest BCUT2D eigenvalue weighted by Gasteiger charge is 2.13. The highest BCUT2D eigenvalue weighted by atomic mass is 35.5. The van der Waals surface area contributed by atoms with Crippen molar-refractivity contribution in [2.45, 2.75) is 0 Å². The van der Waals surface area contributed by atoms with Crippen molar-refractivity contribution in [2.24, 2.45) is 5.73 Å². The number of nitrogens with zero attached hydrogens (tertiary/aromatic N) is 1. The van der Waals surface area contributed by atoms with E-state index in [-0.39, 0.29) is 0 Å². The van der Waals surface area contributed by atoms with E-state index in [1.807, 2.05) is 0 Å². The maximum atomic E-state index is 12.6. The number of carbonyl (C=O) groups is 2. The number of aromatic nitrogens is 1. The lowest BCUT2D eigenvalue weighted by Crippen LogP contribution is -2.10. The van der Waals surface area contributed by atoms with Crippen molar-refractivity contribution in [3.05, 3.63) is 65.5 Å². The summed E-state index contributed by atoms with van der Waals surface area (Å²) in [5, 5.41) is -1.12. The van der Waals surface area contributed by atoms with Crippen molar-refractivity contribution in [3.63, 3.8) is 0 Å². The van der Waals surface area contributed by atoms with Crippen LogP contribution in [0.3, 0.4) is 0 Å². The van der Waals surface area contributed by atoms with Gasteiger partial charge in [0, 0.05) is 18.0 Å². The molecule has 0 saturated carbocycles. The molecule has 2 rings (SSSR count). The number of pyridine rings is 1. The van der Waals surface area contributed by atoms with Gasteiger partial charge in [0.2, 0.25) is 5.91 Å². The van der Waals surface area contributed by atoms with E-state index < -0.39 is 28.3 Å². The van der Waals surface area contributed by atoms with E-state index in [1.54, 1.807) is 12.1 Å². The number of amides is 1. The molecule has 2 aromatic rings. The molecular weight excluding hydrogens is 290 g/mol. The third kappa shape index (κ3) is 4.40. The van der Waals surface area contributed by atoms with Crippen LogP contribution in [0.4, 0.5) is 8.78 Å². The van der Waals surface area contributed by atoms with Crippen molar-refractivity contribution in [3.8, 4) is 0 Å². The third-order valence-corrected chi connectivity index (χ3v) is 2.31. The summed E-state index contributed by atoms with van der Waals surface area (Å²) in [4.78, 5) is 24.5. The molecule has 1 heterocycles. The highest BCUT2D eigenvalue weighted by Crippen LogP contribution is 2.13. The lowest BCUT2D eigenvalue weighted by atomic mass is 10.2. The van der Waals surface area contributed by atoms with Gasteiger partial charge in [0.05, 0.1) is 0 Å². The predicted molar refractivity (Wildman–Crippen MR) is 69.3 cm³/mol. The van der Waals surface area contributed by atoms with Crippen LogP contribution in [0.25, 0.3) is 0 Å². The molecule has 1 amide bonds. The van der Waals surface area contributed by atoms with E-state index in [2.05, 4.69) is 4.98 Å². The molecule has 0 aliphatic rings. The Hall–Kier alpha value is -2.34. The normalized spacial score (nSPS) is 9.35. The molecular formula is C13H9ClF2N2O2. The molecule has 1 aromatic heterocycles. The predicted octanol–water partition coefficient (Wildman–Crippen LogP) is 2.52. The molecule has 0 fully saturated rings. The Labute approximate surface area is 118 Å². The minimum atomic E-state index is -1.12. The van der Waals surface area contributed by atoms with Gasteiger partial charge in [-0.3, -0.25) is 14.6 Å². The molecule has 0 radical (unpaired) electrons. The smallest absolute Gasteiger partial charge is 0.258 e. The molecule has 20 heavy (non-hydrogen) atoms. The Morgan fingerprint density at radius 3 is 1.85 bits per heavy atom. The molecule has 0 aliphatic carbocycles. The SMILES string of the molecule is NC(=O)c1ccncc1.O=C(Cl)c1c(F)cccc1F. The Morgan fingerprint density at radius 1 is 1.05 bits per heavy atom. The summed E-state index contributed by atoms with van der Waals surface area (Å²) in [5.41, 5.74) is 4.74. The van der Waals surface area contributed by atoms with E-state index in [0.29, 0.717) is 5.56 Å². The van der Waals surface area contributed by atoms with Gasteiger partial charge < -0.3 is 5.73 Å². The van der Waals surface area contributed by atoms with E-state index in [1.165, 1.54) is 12.4 Å². The van der Waals surface area contributed by atoms with Crippen molar-refractivity contribution in [2.75, 3.05) is 0 Å². The second-order valence-electron chi connectivity index (χ2n) is 3.47. The number of hydrogen-bond donors (Lipinski definition) is 1. The molecule has 0 aliphatic heterocycles. The fourth-order valence-electron chi connectivity index (χ4n) is 1.20. The van der Waals surface area contributed by atoms with Gasteiger partial charge in [0.15, 0.2) is 0 Å². The largest absolute Gasteiger partial charge is 0.366 e. The van der Waals surface area contributed by atoms with Crippen LogP contribution in [-0.4, -0.2) is 16.1 Å². The van der Waals surface area contributed by atoms with Crippen LogP contribution in [-0.2, 0) is 0 Å². The summed E-state index contributed by atoms with van der Waals surface area (Å²) in [5.74, 6) is -2.30. The van der Waals surface area contributed by atoms with Gasteiger partial charge in [0.1, 0.15) is 17.2 Å². The fourth-order valence-corrected chi connectivity index (χ4v) is 1.38. The number of benzene rings is 1. The number of primary amides is 1. The Bertz CT molecular complexity index is 601. The summed E-state index contributed by atoms with van der Waals surface area (Å²) < 4.78 is 25.1. The molecule has 0 unspecified atom stereocenters. The lowest BCUT2D eigenvalue weighted by molar-refractivity contribution is 0.0999. The van der Waals surface area contributed by atoms with Crippen molar-refractivity contribution in [1.29, 1.82) is 0 Å². The van der Waals surface area contributed by atoms with Crippen molar-refractivity contribution >= 4 is 22.8 Å². The average molecular weight is 299 g/mol. The topological polar surface area (TPSA) is 73.1 Å². The van der Waals surface area contributed by atoms with E-state index in [0.717, 1.165) is 18.2 Å². The van der Waals surface area contributed by atoms with Crippen LogP contribution in [0.5, 0.6) is 0 Å². The Kier molecular flexibility index (Phi) is 5.74. The first-order chi connectivity index (χ1) is 9.43. The quantitative estimate of drug-likeness (QED) is 0.866. The monoisotopic (exact) mass is 298 g/mol. The zero-order chi connectivity index (χ0) is 15.1. The Balaban J connectivity index is 0.000000204. The zero-order valence-corrected chi connectivity index (χ0v) is 10.8. The van der Waals surface area contributed by atoms with Crippen LogP contribution in [0.1, 0.15) is 20.7 Å². The van der Waals surface area contributed by atoms with Gasteiger partial charge in [-0.25, -0.2) is 8.78 Å². The lowest BCUT2D eigenvalue weighted by Gasteiger charge is -1.96. The number of rotatable bonds is 2. The number of hydrogen-bond acceptors (Lipinski definition) is 3. The molecule has 2 N–H and O–H groups in total. The van der Waals surface area contributed by atoms with Crippen LogP contribution in [0.2, 0.25) is 0 Å². The second kappa shape index (κ2) is 7.30. The summed E-state index contributed by atoms with van der Waals surface area (Å²) in [6, 6.07) is 6.25.